The molecule has 1 aliphatic carbocycles. The summed E-state index contributed by atoms with van der Waals surface area (Å²) in [4.78, 5) is 8.43. The van der Waals surface area contributed by atoms with Crippen LogP contribution in [0.2, 0.25) is 0 Å². The van der Waals surface area contributed by atoms with E-state index in [0.717, 1.165) is 37.3 Å². The first kappa shape index (κ1) is 13.8. The summed E-state index contributed by atoms with van der Waals surface area (Å²) < 4.78 is 5.12. The third-order valence-electron chi connectivity index (χ3n) is 3.17. The molecule has 0 saturated heterocycles. The van der Waals surface area contributed by atoms with Gasteiger partial charge < -0.3 is 15.0 Å². The molecule has 0 aliphatic heterocycles. The second-order valence-electron chi connectivity index (χ2n) is 4.77. The van der Waals surface area contributed by atoms with Gasteiger partial charge in [0.1, 0.15) is 0 Å². The van der Waals surface area contributed by atoms with Crippen LogP contribution in [0.1, 0.15) is 36.3 Å². The second kappa shape index (κ2) is 6.50. The van der Waals surface area contributed by atoms with Crippen molar-refractivity contribution in [2.24, 2.45) is 0 Å². The molecular weight excluding hydrogens is 246 g/mol. The number of thiazole rings is 1. The molecule has 1 fully saturated rings. The van der Waals surface area contributed by atoms with E-state index in [4.69, 9.17) is 9.72 Å². The Morgan fingerprint density at radius 2 is 2.28 bits per heavy atom. The number of aromatic nitrogens is 1. The van der Waals surface area contributed by atoms with Crippen molar-refractivity contribution in [3.63, 3.8) is 0 Å². The van der Waals surface area contributed by atoms with E-state index in [1.54, 1.807) is 7.11 Å². The van der Waals surface area contributed by atoms with Crippen LogP contribution in [-0.2, 0) is 11.3 Å². The van der Waals surface area contributed by atoms with E-state index in [1.807, 2.05) is 11.3 Å². The van der Waals surface area contributed by atoms with Crippen LogP contribution in [0.3, 0.4) is 0 Å². The van der Waals surface area contributed by atoms with Crippen LogP contribution in [0, 0.1) is 0 Å². The summed E-state index contributed by atoms with van der Waals surface area (Å²) in [6, 6.07) is 0. The molecule has 0 radical (unpaired) electrons. The smallest absolute Gasteiger partial charge is 0.185 e. The fourth-order valence-corrected chi connectivity index (χ4v) is 2.98. The van der Waals surface area contributed by atoms with Crippen LogP contribution in [0.4, 0.5) is 5.13 Å². The first-order chi connectivity index (χ1) is 8.76. The molecule has 0 amide bonds. The highest BCUT2D eigenvalue weighted by Crippen LogP contribution is 2.44. The van der Waals surface area contributed by atoms with Gasteiger partial charge in [-0.05, 0) is 19.4 Å². The van der Waals surface area contributed by atoms with Gasteiger partial charge in [0, 0.05) is 38.0 Å². The molecule has 18 heavy (non-hydrogen) atoms. The number of methoxy groups -OCH3 is 1. The molecular formula is C13H23N3OS. The summed E-state index contributed by atoms with van der Waals surface area (Å²) in [7, 11) is 3.83. The molecule has 2 rings (SSSR count). The highest BCUT2D eigenvalue weighted by molar-refractivity contribution is 7.15. The van der Waals surface area contributed by atoms with Crippen LogP contribution < -0.4 is 10.2 Å². The monoisotopic (exact) mass is 269 g/mol. The van der Waals surface area contributed by atoms with Crippen LogP contribution in [-0.4, -0.2) is 38.8 Å². The van der Waals surface area contributed by atoms with Crippen molar-refractivity contribution in [2.75, 3.05) is 38.8 Å². The molecule has 1 heterocycles. The molecule has 5 heteroatoms. The minimum absolute atomic E-state index is 0.722. The van der Waals surface area contributed by atoms with Crippen molar-refractivity contribution in [3.8, 4) is 0 Å². The lowest BCUT2D eigenvalue weighted by Crippen LogP contribution is -2.21. The standard InChI is InChI=1S/C13H23N3OS/c1-4-14-9-11-12(10-5-6-10)15-13(18-11)16(2)7-8-17-3/h10,14H,4-9H2,1-3H3. The van der Waals surface area contributed by atoms with E-state index in [0.29, 0.717) is 0 Å². The van der Waals surface area contributed by atoms with Crippen LogP contribution in [0.5, 0.6) is 0 Å². The van der Waals surface area contributed by atoms with Crippen molar-refractivity contribution in [2.45, 2.75) is 32.2 Å². The average molecular weight is 269 g/mol. The van der Waals surface area contributed by atoms with Crippen LogP contribution >= 0.6 is 11.3 Å². The van der Waals surface area contributed by atoms with Crippen molar-refractivity contribution in [3.05, 3.63) is 10.6 Å². The number of hydrogen-bond donors (Lipinski definition) is 1. The Balaban J connectivity index is 2.06. The molecule has 1 aromatic heterocycles. The average Bonchev–Trinajstić information content (AvgIpc) is 3.14. The Labute approximate surface area is 113 Å². The predicted molar refractivity (Wildman–Crippen MR) is 76.6 cm³/mol. The van der Waals surface area contributed by atoms with Gasteiger partial charge in [0.25, 0.3) is 0 Å². The van der Waals surface area contributed by atoms with Gasteiger partial charge in [-0.1, -0.05) is 6.92 Å². The first-order valence-electron chi connectivity index (χ1n) is 6.66. The maximum Gasteiger partial charge on any atom is 0.185 e. The van der Waals surface area contributed by atoms with Gasteiger partial charge in [0.2, 0.25) is 0 Å². The number of hydrogen-bond acceptors (Lipinski definition) is 5. The van der Waals surface area contributed by atoms with Gasteiger partial charge in [-0.25, -0.2) is 4.98 Å². The molecule has 0 unspecified atom stereocenters. The largest absolute Gasteiger partial charge is 0.383 e. The number of likely N-dealkylation sites (N-methyl/N-ethyl adjacent to an activating group) is 1. The van der Waals surface area contributed by atoms with Gasteiger partial charge in [-0.2, -0.15) is 0 Å². The summed E-state index contributed by atoms with van der Waals surface area (Å²) >= 11 is 1.82. The van der Waals surface area contributed by atoms with Crippen molar-refractivity contribution < 1.29 is 4.74 Å². The van der Waals surface area contributed by atoms with Crippen molar-refractivity contribution >= 4 is 16.5 Å². The lowest BCUT2D eigenvalue weighted by Gasteiger charge is -2.14. The Kier molecular flexibility index (Phi) is 4.97. The Morgan fingerprint density at radius 1 is 1.50 bits per heavy atom. The van der Waals surface area contributed by atoms with Crippen molar-refractivity contribution in [1.29, 1.82) is 0 Å². The summed E-state index contributed by atoms with van der Waals surface area (Å²) in [6.45, 7) is 5.75. The van der Waals surface area contributed by atoms with Crippen LogP contribution in [0.25, 0.3) is 0 Å². The van der Waals surface area contributed by atoms with E-state index in [1.165, 1.54) is 23.4 Å². The molecule has 1 aliphatic rings. The molecule has 1 aromatic rings. The first-order valence-corrected chi connectivity index (χ1v) is 7.48. The van der Waals surface area contributed by atoms with E-state index in [2.05, 4.69) is 24.2 Å². The SMILES string of the molecule is CCNCc1sc(N(C)CCOC)nc1C1CC1. The number of rotatable bonds is 8. The quantitative estimate of drug-likeness (QED) is 0.785. The molecule has 1 saturated carbocycles. The minimum atomic E-state index is 0.722. The lowest BCUT2D eigenvalue weighted by molar-refractivity contribution is 0.206. The maximum atomic E-state index is 5.12. The summed E-state index contributed by atoms with van der Waals surface area (Å²) in [5.74, 6) is 0.722. The van der Waals surface area contributed by atoms with Gasteiger partial charge >= 0.3 is 0 Å². The Hall–Kier alpha value is -0.650. The zero-order valence-electron chi connectivity index (χ0n) is 11.5. The summed E-state index contributed by atoms with van der Waals surface area (Å²) in [5, 5.41) is 4.54. The maximum absolute atomic E-state index is 5.12. The molecule has 0 bridgehead atoms. The van der Waals surface area contributed by atoms with Gasteiger partial charge in [0.05, 0.1) is 12.3 Å². The molecule has 0 spiro atoms. The normalized spacial score (nSPS) is 15.1. The fraction of sp³-hybridized carbons (Fsp3) is 0.769. The number of anilines is 1. The molecule has 0 atom stereocenters. The lowest BCUT2D eigenvalue weighted by atomic mass is 10.2. The topological polar surface area (TPSA) is 37.4 Å². The zero-order chi connectivity index (χ0) is 13.0. The molecule has 4 nitrogen and oxygen atoms in total. The van der Waals surface area contributed by atoms with E-state index in [9.17, 15) is 0 Å². The third kappa shape index (κ3) is 3.43. The minimum Gasteiger partial charge on any atom is -0.383 e. The van der Waals surface area contributed by atoms with E-state index >= 15 is 0 Å². The van der Waals surface area contributed by atoms with E-state index < -0.39 is 0 Å². The fourth-order valence-electron chi connectivity index (χ4n) is 1.88. The highest BCUT2D eigenvalue weighted by Gasteiger charge is 2.29. The molecule has 1 N–H and O–H groups in total. The number of nitrogens with zero attached hydrogens (tertiary/aromatic N) is 2. The summed E-state index contributed by atoms with van der Waals surface area (Å²) in [6.07, 6.45) is 2.62. The van der Waals surface area contributed by atoms with Gasteiger partial charge in [-0.15, -0.1) is 11.3 Å². The van der Waals surface area contributed by atoms with Gasteiger partial charge in [-0.3, -0.25) is 0 Å². The zero-order valence-corrected chi connectivity index (χ0v) is 12.3. The van der Waals surface area contributed by atoms with E-state index in [-0.39, 0.29) is 0 Å². The number of ether oxygens (including phenoxy) is 1. The van der Waals surface area contributed by atoms with Crippen LogP contribution in [0.15, 0.2) is 0 Å². The third-order valence-corrected chi connectivity index (χ3v) is 4.36. The summed E-state index contributed by atoms with van der Waals surface area (Å²) in [5.41, 5.74) is 1.33. The second-order valence-corrected chi connectivity index (χ2v) is 5.84. The number of nitrogens with one attached hydrogen (secondary N) is 1. The predicted octanol–water partition coefficient (Wildman–Crippen LogP) is 2.21. The molecule has 102 valence electrons. The van der Waals surface area contributed by atoms with Gasteiger partial charge in [0.15, 0.2) is 5.13 Å². The highest BCUT2D eigenvalue weighted by atomic mass is 32.1. The van der Waals surface area contributed by atoms with Crippen molar-refractivity contribution in [1.82, 2.24) is 10.3 Å². The Morgan fingerprint density at radius 3 is 2.89 bits per heavy atom. The Bertz CT molecular complexity index is 376. The molecule has 0 aromatic carbocycles.